The molecule has 0 aliphatic carbocycles. The van der Waals surface area contributed by atoms with Crippen molar-refractivity contribution >= 4 is 46.4 Å². The summed E-state index contributed by atoms with van der Waals surface area (Å²) in [6.07, 6.45) is 0. The van der Waals surface area contributed by atoms with Gasteiger partial charge in [0.25, 0.3) is 0 Å². The van der Waals surface area contributed by atoms with E-state index < -0.39 is 7.92 Å². The first kappa shape index (κ1) is 19.8. The highest BCUT2D eigenvalue weighted by Crippen LogP contribution is 2.32. The van der Waals surface area contributed by atoms with Gasteiger partial charge in [-0.3, -0.25) is 0 Å². The molecule has 4 aromatic carbocycles. The van der Waals surface area contributed by atoms with Crippen molar-refractivity contribution in [1.82, 2.24) is 0 Å². The van der Waals surface area contributed by atoms with Crippen molar-refractivity contribution in [2.24, 2.45) is 0 Å². The van der Waals surface area contributed by atoms with E-state index in [0.717, 1.165) is 0 Å². The Morgan fingerprint density at radius 3 is 1.11 bits per heavy atom. The molecular weight excluding hydrogens is 458 g/mol. The molecule has 0 nitrogen and oxygen atoms in total. The quantitative estimate of drug-likeness (QED) is 0.248. The van der Waals surface area contributed by atoms with E-state index in [1.54, 1.807) is 0 Å². The average Bonchev–Trinajstić information content (AvgIpc) is 2.73. The molecule has 0 unspecified atom stereocenters. The molecule has 0 saturated carbocycles. The standard InChI is InChI=1S/C18H15P.C7H7I/c1-4-10-16(11-5-1)19(17-12-6-2-7-13-17)18-14-8-3-9-15-18;1-6-2-4-7(8)5-3-6/h1-15H;2-5H,1H3. The zero-order valence-corrected chi connectivity index (χ0v) is 18.3. The summed E-state index contributed by atoms with van der Waals surface area (Å²) in [6, 6.07) is 40.8. The van der Waals surface area contributed by atoms with Crippen molar-refractivity contribution in [3.05, 3.63) is 124 Å². The van der Waals surface area contributed by atoms with Crippen LogP contribution in [0.25, 0.3) is 0 Å². The maximum absolute atomic E-state index is 2.30. The predicted molar refractivity (Wildman–Crippen MR) is 129 cm³/mol. The third-order valence-corrected chi connectivity index (χ3v) is 7.22. The lowest BCUT2D eigenvalue weighted by Crippen LogP contribution is -2.20. The highest BCUT2D eigenvalue weighted by atomic mass is 127. The second-order valence-corrected chi connectivity index (χ2v) is 9.60. The summed E-state index contributed by atoms with van der Waals surface area (Å²) in [5.41, 5.74) is 1.32. The Bertz CT molecular complexity index is 805. The first-order valence-corrected chi connectivity index (χ1v) is 11.3. The summed E-state index contributed by atoms with van der Waals surface area (Å²) in [5, 5.41) is 4.19. The summed E-state index contributed by atoms with van der Waals surface area (Å²) >= 11 is 2.30. The van der Waals surface area contributed by atoms with Crippen LogP contribution in [-0.2, 0) is 0 Å². The van der Waals surface area contributed by atoms with Crippen molar-refractivity contribution in [2.45, 2.75) is 6.92 Å². The molecule has 0 aliphatic rings. The van der Waals surface area contributed by atoms with Crippen LogP contribution in [0.1, 0.15) is 5.56 Å². The molecule has 27 heavy (non-hydrogen) atoms. The Balaban J connectivity index is 0.000000221. The fraction of sp³-hybridized carbons (Fsp3) is 0.0400. The van der Waals surface area contributed by atoms with Crippen LogP contribution in [0, 0.1) is 10.5 Å². The van der Waals surface area contributed by atoms with E-state index in [4.69, 9.17) is 0 Å². The fourth-order valence-corrected chi connectivity index (χ4v) is 5.38. The van der Waals surface area contributed by atoms with Gasteiger partial charge in [0.1, 0.15) is 0 Å². The maximum atomic E-state index is 2.30. The SMILES string of the molecule is Cc1ccc(I)cc1.c1ccc(P(c2ccccc2)c2ccccc2)cc1. The zero-order valence-electron chi connectivity index (χ0n) is 15.3. The van der Waals surface area contributed by atoms with Crippen molar-refractivity contribution in [3.63, 3.8) is 0 Å². The van der Waals surface area contributed by atoms with Crippen LogP contribution in [0.5, 0.6) is 0 Å². The number of hydrogen-bond donors (Lipinski definition) is 0. The lowest BCUT2D eigenvalue weighted by atomic mass is 10.2. The first-order chi connectivity index (χ1) is 13.2. The monoisotopic (exact) mass is 480 g/mol. The minimum atomic E-state index is -0.446. The topological polar surface area (TPSA) is 0 Å². The van der Waals surface area contributed by atoms with Crippen LogP contribution in [0.15, 0.2) is 115 Å². The number of aryl methyl sites for hydroxylation is 1. The smallest absolute Gasteiger partial charge is 0.0130 e. The summed E-state index contributed by atoms with van der Waals surface area (Å²) < 4.78 is 1.30. The molecule has 0 aliphatic heterocycles. The van der Waals surface area contributed by atoms with Crippen molar-refractivity contribution in [3.8, 4) is 0 Å². The van der Waals surface area contributed by atoms with Gasteiger partial charge in [-0.25, -0.2) is 0 Å². The van der Waals surface area contributed by atoms with Gasteiger partial charge in [-0.15, -0.1) is 0 Å². The third-order valence-electron chi connectivity index (χ3n) is 4.05. The number of hydrogen-bond acceptors (Lipinski definition) is 0. The average molecular weight is 480 g/mol. The Morgan fingerprint density at radius 2 is 0.815 bits per heavy atom. The highest BCUT2D eigenvalue weighted by molar-refractivity contribution is 14.1. The molecule has 4 rings (SSSR count). The number of benzene rings is 4. The maximum Gasteiger partial charge on any atom is 0.0130 e. The van der Waals surface area contributed by atoms with Gasteiger partial charge >= 0.3 is 0 Å². The summed E-state index contributed by atoms with van der Waals surface area (Å²) in [4.78, 5) is 0. The lowest BCUT2D eigenvalue weighted by molar-refractivity contribution is 1.46. The molecule has 0 atom stereocenters. The van der Waals surface area contributed by atoms with E-state index in [0.29, 0.717) is 0 Å². The first-order valence-electron chi connectivity index (χ1n) is 8.91. The van der Waals surface area contributed by atoms with E-state index in [1.807, 2.05) is 0 Å². The highest BCUT2D eigenvalue weighted by Gasteiger charge is 2.14. The van der Waals surface area contributed by atoms with Gasteiger partial charge in [-0.1, -0.05) is 109 Å². The molecule has 0 N–H and O–H groups in total. The predicted octanol–water partition coefficient (Wildman–Crippen LogP) is 6.04. The lowest BCUT2D eigenvalue weighted by Gasteiger charge is -2.18. The van der Waals surface area contributed by atoms with Gasteiger partial charge in [-0.2, -0.15) is 0 Å². The molecule has 2 heteroatoms. The number of halogens is 1. The molecule has 0 spiro atoms. The molecule has 0 fully saturated rings. The zero-order chi connectivity index (χ0) is 18.9. The number of rotatable bonds is 3. The van der Waals surface area contributed by atoms with Crippen LogP contribution in [0.4, 0.5) is 0 Å². The normalized spacial score (nSPS) is 10.2. The molecule has 0 radical (unpaired) electrons. The molecule has 0 saturated heterocycles. The van der Waals surface area contributed by atoms with Crippen LogP contribution < -0.4 is 15.9 Å². The largest absolute Gasteiger partial charge is 0.0622 e. The van der Waals surface area contributed by atoms with Gasteiger partial charge in [0, 0.05) is 3.57 Å². The summed E-state index contributed by atoms with van der Waals surface area (Å²) in [6.45, 7) is 2.09. The van der Waals surface area contributed by atoms with Crippen molar-refractivity contribution in [2.75, 3.05) is 0 Å². The molecule has 0 amide bonds. The van der Waals surface area contributed by atoms with E-state index in [9.17, 15) is 0 Å². The molecule has 0 aromatic heterocycles. The molecule has 0 bridgehead atoms. The molecule has 134 valence electrons. The Labute approximate surface area is 177 Å². The molecular formula is C25H22IP. The van der Waals surface area contributed by atoms with Gasteiger partial charge in [-0.05, 0) is 65.5 Å². The van der Waals surface area contributed by atoms with Crippen molar-refractivity contribution in [1.29, 1.82) is 0 Å². The summed E-state index contributed by atoms with van der Waals surface area (Å²) in [7, 11) is -0.446. The summed E-state index contributed by atoms with van der Waals surface area (Å²) in [5.74, 6) is 0. The van der Waals surface area contributed by atoms with Crippen LogP contribution in [0.3, 0.4) is 0 Å². The minimum Gasteiger partial charge on any atom is -0.0622 e. The van der Waals surface area contributed by atoms with Crippen LogP contribution >= 0.6 is 30.5 Å². The van der Waals surface area contributed by atoms with Gasteiger partial charge < -0.3 is 0 Å². The Morgan fingerprint density at radius 1 is 0.481 bits per heavy atom. The molecule has 0 heterocycles. The van der Waals surface area contributed by atoms with Gasteiger partial charge in [0.15, 0.2) is 0 Å². The minimum absolute atomic E-state index is 0.446. The van der Waals surface area contributed by atoms with Crippen LogP contribution in [0.2, 0.25) is 0 Å². The van der Waals surface area contributed by atoms with E-state index in [-0.39, 0.29) is 0 Å². The van der Waals surface area contributed by atoms with E-state index in [2.05, 4.69) is 145 Å². The Kier molecular flexibility index (Phi) is 7.62. The third kappa shape index (κ3) is 6.02. The van der Waals surface area contributed by atoms with E-state index >= 15 is 0 Å². The van der Waals surface area contributed by atoms with Crippen LogP contribution in [-0.4, -0.2) is 0 Å². The second kappa shape index (κ2) is 10.4. The fourth-order valence-electron chi connectivity index (χ4n) is 2.71. The molecule has 4 aromatic rings. The van der Waals surface area contributed by atoms with Gasteiger partial charge in [0.05, 0.1) is 0 Å². The van der Waals surface area contributed by atoms with E-state index in [1.165, 1.54) is 25.0 Å². The Hall–Kier alpha value is -1.96. The van der Waals surface area contributed by atoms with Crippen molar-refractivity contribution < 1.29 is 0 Å². The second-order valence-electron chi connectivity index (χ2n) is 6.14. The van der Waals surface area contributed by atoms with Gasteiger partial charge in [0.2, 0.25) is 0 Å².